The van der Waals surface area contributed by atoms with Crippen LogP contribution in [-0.2, 0) is 16.8 Å². The average Bonchev–Trinajstić information content (AvgIpc) is 2.85. The van der Waals surface area contributed by atoms with E-state index in [2.05, 4.69) is 21.2 Å². The lowest BCUT2D eigenvalue weighted by atomic mass is 10.1. The Kier molecular flexibility index (Phi) is 6.22. The highest BCUT2D eigenvalue weighted by atomic mass is 79.9. The molecule has 0 aromatic carbocycles. The maximum Gasteiger partial charge on any atom is 0.282 e. The van der Waals surface area contributed by atoms with Gasteiger partial charge in [-0.15, -0.1) is 11.3 Å². The third-order valence-corrected chi connectivity index (χ3v) is 7.27. The monoisotopic (exact) mass is 395 g/mol. The molecule has 0 aliphatic carbocycles. The zero-order valence-electron chi connectivity index (χ0n) is 12.4. The summed E-state index contributed by atoms with van der Waals surface area (Å²) in [4.78, 5) is 0. The highest BCUT2D eigenvalue weighted by Gasteiger charge is 2.34. The van der Waals surface area contributed by atoms with Gasteiger partial charge in [-0.2, -0.15) is 17.0 Å². The summed E-state index contributed by atoms with van der Waals surface area (Å²) in [5.74, 6) is 0. The van der Waals surface area contributed by atoms with Crippen LogP contribution in [0.3, 0.4) is 0 Å². The fourth-order valence-corrected chi connectivity index (χ4v) is 5.45. The lowest BCUT2D eigenvalue weighted by Gasteiger charge is -2.36. The predicted molar refractivity (Wildman–Crippen MR) is 90.7 cm³/mol. The van der Waals surface area contributed by atoms with E-state index < -0.39 is 10.2 Å². The zero-order chi connectivity index (χ0) is 15.5. The van der Waals surface area contributed by atoms with Crippen LogP contribution in [0.25, 0.3) is 0 Å². The van der Waals surface area contributed by atoms with Gasteiger partial charge in [0.25, 0.3) is 10.2 Å². The smallest absolute Gasteiger partial charge is 0.282 e. The minimum atomic E-state index is -3.41. The summed E-state index contributed by atoms with van der Waals surface area (Å²) in [5.41, 5.74) is 1.01. The number of nitrogens with one attached hydrogen (secondary N) is 1. The first kappa shape index (κ1) is 17.4. The number of thiophene rings is 1. The zero-order valence-corrected chi connectivity index (χ0v) is 15.6. The molecule has 1 aromatic rings. The van der Waals surface area contributed by atoms with Crippen molar-refractivity contribution in [3.63, 3.8) is 0 Å². The second-order valence-corrected chi connectivity index (χ2v) is 9.62. The molecular formula is C13H22BrN3O2S2. The summed E-state index contributed by atoms with van der Waals surface area (Å²) in [7, 11) is 0.119. The molecule has 1 aliphatic heterocycles. The first-order valence-electron chi connectivity index (χ1n) is 7.05. The van der Waals surface area contributed by atoms with Crippen molar-refractivity contribution >= 4 is 37.5 Å². The standard InChI is InChI=1S/C13H22BrN3O2S2/c1-15-8-12-5-3-4-6-17(12)21(18,19)16(2)9-11-7-13(14)20-10-11/h7,10,12,15H,3-6,8-9H2,1-2H3. The van der Waals surface area contributed by atoms with E-state index in [0.29, 0.717) is 19.6 Å². The molecule has 1 aromatic heterocycles. The third kappa shape index (κ3) is 4.27. The van der Waals surface area contributed by atoms with E-state index in [1.54, 1.807) is 22.7 Å². The van der Waals surface area contributed by atoms with Gasteiger partial charge in [-0.1, -0.05) is 6.42 Å². The van der Waals surface area contributed by atoms with Crippen LogP contribution in [0.2, 0.25) is 0 Å². The minimum Gasteiger partial charge on any atom is -0.318 e. The normalized spacial score (nSPS) is 21.0. The van der Waals surface area contributed by atoms with Crippen molar-refractivity contribution in [3.8, 4) is 0 Å². The number of nitrogens with zero attached hydrogens (tertiary/aromatic N) is 2. The van der Waals surface area contributed by atoms with Gasteiger partial charge in [0.1, 0.15) is 0 Å². The summed E-state index contributed by atoms with van der Waals surface area (Å²) in [6.45, 7) is 1.73. The molecule has 0 saturated carbocycles. The lowest BCUT2D eigenvalue weighted by molar-refractivity contribution is 0.232. The molecule has 1 aliphatic rings. The topological polar surface area (TPSA) is 52.7 Å². The van der Waals surface area contributed by atoms with Gasteiger partial charge in [-0.25, -0.2) is 0 Å². The number of halogens is 1. The molecule has 2 rings (SSSR count). The molecule has 2 heterocycles. The average molecular weight is 396 g/mol. The Morgan fingerprint density at radius 2 is 2.29 bits per heavy atom. The molecule has 5 nitrogen and oxygen atoms in total. The van der Waals surface area contributed by atoms with Crippen LogP contribution in [0, 0.1) is 0 Å². The van der Waals surface area contributed by atoms with Crippen molar-refractivity contribution in [2.75, 3.05) is 27.2 Å². The molecule has 120 valence electrons. The highest BCUT2D eigenvalue weighted by Crippen LogP contribution is 2.25. The van der Waals surface area contributed by atoms with Crippen LogP contribution in [0.1, 0.15) is 24.8 Å². The van der Waals surface area contributed by atoms with Crippen molar-refractivity contribution in [3.05, 3.63) is 20.8 Å². The van der Waals surface area contributed by atoms with Crippen molar-refractivity contribution in [1.82, 2.24) is 13.9 Å². The Balaban J connectivity index is 2.11. The molecular weight excluding hydrogens is 374 g/mol. The Labute approximate surface area is 139 Å². The van der Waals surface area contributed by atoms with Gasteiger partial charge in [0, 0.05) is 32.7 Å². The van der Waals surface area contributed by atoms with Gasteiger partial charge in [0.15, 0.2) is 0 Å². The molecule has 0 amide bonds. The molecule has 1 atom stereocenters. The maximum atomic E-state index is 12.8. The van der Waals surface area contributed by atoms with Crippen molar-refractivity contribution in [2.45, 2.75) is 31.8 Å². The molecule has 0 bridgehead atoms. The van der Waals surface area contributed by atoms with E-state index >= 15 is 0 Å². The molecule has 21 heavy (non-hydrogen) atoms. The number of likely N-dealkylation sites (N-methyl/N-ethyl adjacent to an activating group) is 1. The minimum absolute atomic E-state index is 0.0606. The summed E-state index contributed by atoms with van der Waals surface area (Å²) in [6.07, 6.45) is 2.97. The second-order valence-electron chi connectivity index (χ2n) is 5.34. The first-order valence-corrected chi connectivity index (χ1v) is 10.1. The SMILES string of the molecule is CNCC1CCCCN1S(=O)(=O)N(C)Cc1csc(Br)c1. The van der Waals surface area contributed by atoms with Crippen molar-refractivity contribution in [2.24, 2.45) is 0 Å². The molecule has 1 N–H and O–H groups in total. The Morgan fingerprint density at radius 3 is 2.90 bits per heavy atom. The summed E-state index contributed by atoms with van der Waals surface area (Å²) >= 11 is 4.98. The molecule has 8 heteroatoms. The van der Waals surface area contributed by atoms with Crippen LogP contribution < -0.4 is 5.32 Å². The lowest BCUT2D eigenvalue weighted by Crippen LogP contribution is -2.52. The van der Waals surface area contributed by atoms with Gasteiger partial charge < -0.3 is 5.32 Å². The van der Waals surface area contributed by atoms with Crippen molar-refractivity contribution in [1.29, 1.82) is 0 Å². The number of piperidine rings is 1. The number of hydrogen-bond donors (Lipinski definition) is 1. The van der Waals surface area contributed by atoms with E-state index in [1.807, 2.05) is 18.5 Å². The van der Waals surface area contributed by atoms with Crippen LogP contribution in [0.5, 0.6) is 0 Å². The van der Waals surface area contributed by atoms with Gasteiger partial charge in [-0.05, 0) is 52.8 Å². The van der Waals surface area contributed by atoms with E-state index in [-0.39, 0.29) is 6.04 Å². The fraction of sp³-hybridized carbons (Fsp3) is 0.692. The Hall–Kier alpha value is 0.01000. The van der Waals surface area contributed by atoms with Gasteiger partial charge >= 0.3 is 0 Å². The maximum absolute atomic E-state index is 12.8. The molecule has 0 radical (unpaired) electrons. The Morgan fingerprint density at radius 1 is 1.52 bits per heavy atom. The number of rotatable bonds is 6. The quantitative estimate of drug-likeness (QED) is 0.803. The summed E-state index contributed by atoms with van der Waals surface area (Å²) in [5, 5.41) is 5.09. The van der Waals surface area contributed by atoms with E-state index in [4.69, 9.17) is 0 Å². The predicted octanol–water partition coefficient (Wildman–Crippen LogP) is 2.26. The highest BCUT2D eigenvalue weighted by molar-refractivity contribution is 9.11. The fourth-order valence-electron chi connectivity index (χ4n) is 2.66. The molecule has 0 spiro atoms. The van der Waals surface area contributed by atoms with Crippen LogP contribution in [0.15, 0.2) is 15.2 Å². The van der Waals surface area contributed by atoms with E-state index in [0.717, 1.165) is 28.6 Å². The number of hydrogen-bond acceptors (Lipinski definition) is 4. The summed E-state index contributed by atoms with van der Waals surface area (Å²) in [6, 6.07) is 2.03. The Bertz CT molecular complexity index is 560. The third-order valence-electron chi connectivity index (χ3n) is 3.73. The van der Waals surface area contributed by atoms with Crippen LogP contribution in [-0.4, -0.2) is 50.3 Å². The van der Waals surface area contributed by atoms with Crippen molar-refractivity contribution < 1.29 is 8.42 Å². The van der Waals surface area contributed by atoms with Crippen LogP contribution in [0.4, 0.5) is 0 Å². The van der Waals surface area contributed by atoms with Gasteiger partial charge in [0.2, 0.25) is 0 Å². The first-order chi connectivity index (χ1) is 9.95. The molecule has 1 unspecified atom stereocenters. The molecule has 1 saturated heterocycles. The largest absolute Gasteiger partial charge is 0.318 e. The summed E-state index contributed by atoms with van der Waals surface area (Å²) < 4.78 is 29.7. The second kappa shape index (κ2) is 7.52. The molecule has 1 fully saturated rings. The van der Waals surface area contributed by atoms with Gasteiger partial charge in [0.05, 0.1) is 3.79 Å². The van der Waals surface area contributed by atoms with Gasteiger partial charge in [-0.3, -0.25) is 0 Å². The van der Waals surface area contributed by atoms with E-state index in [1.165, 1.54) is 4.31 Å². The van der Waals surface area contributed by atoms with Crippen LogP contribution >= 0.6 is 27.3 Å². The van der Waals surface area contributed by atoms with E-state index in [9.17, 15) is 8.42 Å².